The molecule has 2 unspecified atom stereocenters. The Bertz CT molecular complexity index is 3530. The van der Waals surface area contributed by atoms with Gasteiger partial charge >= 0.3 is 0 Å². The lowest BCUT2D eigenvalue weighted by Gasteiger charge is -2.20. The number of benzene rings is 5. The summed E-state index contributed by atoms with van der Waals surface area (Å²) in [4.78, 5) is 77.4. The highest BCUT2D eigenvalue weighted by molar-refractivity contribution is 8.27. The zero-order valence-electron chi connectivity index (χ0n) is 48.8. The first kappa shape index (κ1) is 67.3. The summed E-state index contributed by atoms with van der Waals surface area (Å²) in [5, 5.41) is 10.9. The number of ether oxygens (including phenoxy) is 5. The van der Waals surface area contributed by atoms with E-state index in [1.165, 1.54) is 23.6 Å². The molecule has 5 aromatic carbocycles. The van der Waals surface area contributed by atoms with Crippen molar-refractivity contribution < 1.29 is 52.5 Å². The SMILES string of the molecule is CCC(C)COc1ccc(C=C2SC(=S)N(NC(=O)c3ccccc3)C2=O)cc1.CCOc1cc(C=C2SC(=S)N(NC(=O)c3ccc(C)cc3C)C2=O)ccc1OCC#N.CCOc1ccc(C=C2SC(=S)N(C(C)C(C)=O)C2=O)cc1OCC. The molecule has 2 N–H and O–H groups in total. The van der Waals surface area contributed by atoms with Gasteiger partial charge in [0.05, 0.1) is 47.2 Å². The Labute approximate surface area is 529 Å². The molecule has 0 saturated carbocycles. The molecule has 86 heavy (non-hydrogen) atoms. The fourth-order valence-corrected chi connectivity index (χ4v) is 11.6. The van der Waals surface area contributed by atoms with Gasteiger partial charge in [0.1, 0.15) is 16.1 Å². The maximum absolute atomic E-state index is 12.9. The molecule has 0 spiro atoms. The molecular formula is C63H64N6O11S6. The van der Waals surface area contributed by atoms with Gasteiger partial charge in [0.2, 0.25) is 0 Å². The predicted octanol–water partition coefficient (Wildman–Crippen LogP) is 12.5. The van der Waals surface area contributed by atoms with Crippen LogP contribution in [0.2, 0.25) is 0 Å². The first-order chi connectivity index (χ1) is 41.2. The number of hydrazine groups is 2. The fraction of sp³-hybridized carbons (Fsp3) is 0.270. The normalized spacial score (nSPS) is 15.8. The zero-order chi connectivity index (χ0) is 62.6. The van der Waals surface area contributed by atoms with Crippen LogP contribution in [-0.2, 0) is 19.2 Å². The number of ketones is 1. The summed E-state index contributed by atoms with van der Waals surface area (Å²) in [6.45, 7) is 18.9. The van der Waals surface area contributed by atoms with Crippen LogP contribution >= 0.6 is 71.9 Å². The average Bonchev–Trinajstić information content (AvgIpc) is 2.32. The van der Waals surface area contributed by atoms with Crippen LogP contribution in [0.4, 0.5) is 0 Å². The number of thiocarbonyl (C=S) groups is 3. The number of hydrogen-bond donors (Lipinski definition) is 2. The molecule has 448 valence electrons. The fourth-order valence-electron chi connectivity index (χ4n) is 7.85. The Morgan fingerprint density at radius 3 is 1.59 bits per heavy atom. The highest BCUT2D eigenvalue weighted by Crippen LogP contribution is 2.38. The van der Waals surface area contributed by atoms with Crippen molar-refractivity contribution >= 4 is 138 Å². The van der Waals surface area contributed by atoms with Crippen molar-refractivity contribution in [1.82, 2.24) is 25.8 Å². The van der Waals surface area contributed by atoms with E-state index in [0.717, 1.165) is 68.0 Å². The average molecular weight is 1270 g/mol. The van der Waals surface area contributed by atoms with Gasteiger partial charge in [-0.05, 0) is 174 Å². The Balaban J connectivity index is 0.000000208. The topological polar surface area (TPSA) is 206 Å². The zero-order valence-corrected chi connectivity index (χ0v) is 53.6. The van der Waals surface area contributed by atoms with Crippen LogP contribution in [0.25, 0.3) is 18.2 Å². The summed E-state index contributed by atoms with van der Waals surface area (Å²) < 4.78 is 28.8. The quantitative estimate of drug-likeness (QED) is 0.0517. The number of nitrogens with one attached hydrogen (secondary N) is 2. The van der Waals surface area contributed by atoms with Crippen molar-refractivity contribution in [2.75, 3.05) is 33.0 Å². The smallest absolute Gasteiger partial charge is 0.285 e. The van der Waals surface area contributed by atoms with Crippen molar-refractivity contribution in [3.63, 3.8) is 0 Å². The van der Waals surface area contributed by atoms with E-state index >= 15 is 0 Å². The molecule has 23 heteroatoms. The summed E-state index contributed by atoms with van der Waals surface area (Å²) in [6.07, 6.45) is 6.25. The Morgan fingerprint density at radius 1 is 0.593 bits per heavy atom. The number of carbonyl (C=O) groups excluding carboxylic acids is 6. The van der Waals surface area contributed by atoms with Gasteiger partial charge < -0.3 is 23.7 Å². The van der Waals surface area contributed by atoms with Crippen molar-refractivity contribution in [3.8, 4) is 34.8 Å². The lowest BCUT2D eigenvalue weighted by molar-refractivity contribution is -0.130. The number of rotatable bonds is 21. The minimum atomic E-state index is -0.558. The van der Waals surface area contributed by atoms with Crippen LogP contribution < -0.4 is 34.5 Å². The van der Waals surface area contributed by atoms with Crippen LogP contribution in [0, 0.1) is 31.1 Å². The summed E-state index contributed by atoms with van der Waals surface area (Å²) in [5.41, 5.74) is 10.3. The second-order valence-corrected chi connectivity index (χ2v) is 24.0. The monoisotopic (exact) mass is 1270 g/mol. The number of hydrogen-bond acceptors (Lipinski definition) is 18. The van der Waals surface area contributed by atoms with E-state index in [9.17, 15) is 28.8 Å². The molecular weight excluding hydrogens is 1210 g/mol. The molecule has 5 aromatic rings. The minimum Gasteiger partial charge on any atom is -0.493 e. The van der Waals surface area contributed by atoms with Gasteiger partial charge in [-0.2, -0.15) is 15.3 Å². The van der Waals surface area contributed by atoms with E-state index in [0.29, 0.717) is 95.4 Å². The molecule has 0 aromatic heterocycles. The molecule has 3 fully saturated rings. The number of aryl methyl sites for hydroxylation is 2. The van der Waals surface area contributed by atoms with Crippen molar-refractivity contribution in [3.05, 3.63) is 163 Å². The molecule has 3 heterocycles. The van der Waals surface area contributed by atoms with Crippen LogP contribution in [0.1, 0.15) is 103 Å². The number of amides is 5. The van der Waals surface area contributed by atoms with E-state index < -0.39 is 17.9 Å². The van der Waals surface area contributed by atoms with Crippen molar-refractivity contribution in [2.24, 2.45) is 5.92 Å². The number of carbonyl (C=O) groups is 6. The summed E-state index contributed by atoms with van der Waals surface area (Å²) in [6, 6.07) is 33.7. The molecule has 5 amide bonds. The van der Waals surface area contributed by atoms with E-state index in [4.69, 9.17) is 65.6 Å². The van der Waals surface area contributed by atoms with E-state index in [2.05, 4.69) is 24.7 Å². The third kappa shape index (κ3) is 18.3. The third-order valence-electron chi connectivity index (χ3n) is 12.6. The first-order valence-electron chi connectivity index (χ1n) is 27.2. The van der Waals surface area contributed by atoms with E-state index in [-0.39, 0.29) is 34.4 Å². The van der Waals surface area contributed by atoms with Gasteiger partial charge in [-0.1, -0.05) is 128 Å². The molecule has 2 atom stereocenters. The molecule has 3 saturated heterocycles. The maximum atomic E-state index is 12.9. The van der Waals surface area contributed by atoms with Gasteiger partial charge in [0, 0.05) is 11.1 Å². The standard InChI is InChI=1S/C23H21N3O4S2.C22H22N2O3S2.C18H21NO4S2/c1-4-29-19-12-16(6-8-18(19)30-10-9-24)13-20-22(28)26(23(31)32-20)25-21(27)17-7-5-14(2)11-15(17)3;1-3-15(2)14-27-18-11-9-16(10-12-18)13-19-21(26)24(22(28)29-19)23-20(25)17-7-5-4-6-8-17;1-5-22-14-8-7-13(9-15(14)23-6-2)10-16-17(21)19(18(24)25-16)11(3)12(4)20/h5-8,11-13H,4,10H2,1-3H3,(H,25,27);4-13,15H,3,14H2,1-2H3,(H,23,25);7-11H,5-6H2,1-4H3. The van der Waals surface area contributed by atoms with Gasteiger partial charge in [0.15, 0.2) is 44.0 Å². The number of Topliss-reactive ketones (excluding diaryl/α,β-unsaturated/α-hetero) is 1. The van der Waals surface area contributed by atoms with Gasteiger partial charge in [0.25, 0.3) is 29.5 Å². The number of nitriles is 1. The highest BCUT2D eigenvalue weighted by Gasteiger charge is 2.38. The molecule has 0 aliphatic carbocycles. The summed E-state index contributed by atoms with van der Waals surface area (Å²) >= 11 is 19.3. The largest absolute Gasteiger partial charge is 0.493 e. The van der Waals surface area contributed by atoms with Gasteiger partial charge in [-0.3, -0.25) is 44.5 Å². The Hall–Kier alpha value is -7.85. The first-order valence-corrected chi connectivity index (χ1v) is 30.8. The molecule has 0 bridgehead atoms. The number of nitrogens with zero attached hydrogens (tertiary/aromatic N) is 4. The van der Waals surface area contributed by atoms with E-state index in [1.54, 1.807) is 73.7 Å². The number of thioether (sulfide) groups is 3. The van der Waals surface area contributed by atoms with Crippen LogP contribution in [0.5, 0.6) is 28.7 Å². The predicted molar refractivity (Wildman–Crippen MR) is 351 cm³/mol. The molecule has 8 rings (SSSR count). The third-order valence-corrected chi connectivity index (χ3v) is 16.5. The molecule has 3 aliphatic heterocycles. The lowest BCUT2D eigenvalue weighted by atomic mass is 10.1. The van der Waals surface area contributed by atoms with Crippen LogP contribution in [0.15, 0.2) is 124 Å². The second-order valence-electron chi connectivity index (χ2n) is 19.0. The maximum Gasteiger partial charge on any atom is 0.285 e. The lowest BCUT2D eigenvalue weighted by Crippen LogP contribution is -2.45. The molecule has 17 nitrogen and oxygen atoms in total. The highest BCUT2D eigenvalue weighted by atomic mass is 32.2. The Kier molecular flexibility index (Phi) is 25.5. The Morgan fingerprint density at radius 2 is 1.08 bits per heavy atom. The molecule has 0 radical (unpaired) electrons. The van der Waals surface area contributed by atoms with Crippen molar-refractivity contribution in [1.29, 1.82) is 5.26 Å². The molecule has 3 aliphatic rings. The second kappa shape index (κ2) is 32.6. The van der Waals surface area contributed by atoms with Gasteiger partial charge in [-0.25, -0.2) is 0 Å². The summed E-state index contributed by atoms with van der Waals surface area (Å²) in [7, 11) is 0. The van der Waals surface area contributed by atoms with Crippen LogP contribution in [0.3, 0.4) is 0 Å². The minimum absolute atomic E-state index is 0.0990. The summed E-state index contributed by atoms with van der Waals surface area (Å²) in [5.74, 6) is 1.61. The van der Waals surface area contributed by atoms with Gasteiger partial charge in [-0.15, -0.1) is 0 Å². The van der Waals surface area contributed by atoms with E-state index in [1.807, 2.05) is 101 Å². The van der Waals surface area contributed by atoms with Crippen molar-refractivity contribution in [2.45, 2.75) is 74.8 Å². The van der Waals surface area contributed by atoms with Crippen LogP contribution in [-0.4, -0.2) is 102 Å².